The van der Waals surface area contributed by atoms with E-state index in [0.29, 0.717) is 22.7 Å². The van der Waals surface area contributed by atoms with Crippen LogP contribution in [0.3, 0.4) is 0 Å². The first-order chi connectivity index (χ1) is 16.2. The van der Waals surface area contributed by atoms with Crippen LogP contribution in [0.15, 0.2) is 72.8 Å². The van der Waals surface area contributed by atoms with E-state index < -0.39 is 0 Å². The van der Waals surface area contributed by atoms with Gasteiger partial charge in [0, 0.05) is 10.9 Å². The van der Waals surface area contributed by atoms with Crippen LogP contribution in [-0.2, 0) is 6.42 Å². The molecule has 33 heavy (non-hydrogen) atoms. The van der Waals surface area contributed by atoms with E-state index in [9.17, 15) is 4.79 Å². The molecule has 1 aromatic heterocycles. The number of nitrogens with one attached hydrogen (secondary N) is 2. The van der Waals surface area contributed by atoms with E-state index in [4.69, 9.17) is 14.5 Å². The van der Waals surface area contributed by atoms with E-state index in [-0.39, 0.29) is 11.9 Å². The zero-order valence-electron chi connectivity index (χ0n) is 18.6. The van der Waals surface area contributed by atoms with Crippen LogP contribution in [0.4, 0.5) is 11.5 Å². The van der Waals surface area contributed by atoms with Crippen LogP contribution in [0.5, 0.6) is 11.5 Å². The Morgan fingerprint density at radius 1 is 0.939 bits per heavy atom. The lowest BCUT2D eigenvalue weighted by atomic mass is 10.1. The SMILES string of the molecule is COc1cccc(OC)c1NC(=O)c1ccc2nc(N[C@@H]3CCc4ccccc43)ccc2c1. The lowest BCUT2D eigenvalue weighted by Crippen LogP contribution is -2.13. The van der Waals surface area contributed by atoms with Gasteiger partial charge in [-0.15, -0.1) is 0 Å². The zero-order chi connectivity index (χ0) is 22.8. The first-order valence-electron chi connectivity index (χ1n) is 10.9. The molecule has 0 bridgehead atoms. The highest BCUT2D eigenvalue weighted by atomic mass is 16.5. The summed E-state index contributed by atoms with van der Waals surface area (Å²) in [5.74, 6) is 1.66. The van der Waals surface area contributed by atoms with Gasteiger partial charge in [-0.05, 0) is 66.4 Å². The van der Waals surface area contributed by atoms with Gasteiger partial charge in [0.1, 0.15) is 23.0 Å². The summed E-state index contributed by atoms with van der Waals surface area (Å²) >= 11 is 0. The van der Waals surface area contributed by atoms with Crippen molar-refractivity contribution < 1.29 is 14.3 Å². The number of carbonyl (C=O) groups is 1. The summed E-state index contributed by atoms with van der Waals surface area (Å²) in [6.45, 7) is 0. The van der Waals surface area contributed by atoms with Crippen molar-refractivity contribution in [1.29, 1.82) is 0 Å². The summed E-state index contributed by atoms with van der Waals surface area (Å²) < 4.78 is 10.7. The number of nitrogens with zero attached hydrogens (tertiary/aromatic N) is 1. The average Bonchev–Trinajstić information content (AvgIpc) is 3.26. The van der Waals surface area contributed by atoms with E-state index >= 15 is 0 Å². The number of methoxy groups -OCH3 is 2. The van der Waals surface area contributed by atoms with Gasteiger partial charge in [-0.2, -0.15) is 0 Å². The number of para-hydroxylation sites is 1. The van der Waals surface area contributed by atoms with Crippen molar-refractivity contribution in [2.45, 2.75) is 18.9 Å². The molecular formula is C27H25N3O3. The molecule has 1 heterocycles. The predicted octanol–water partition coefficient (Wildman–Crippen LogP) is 5.60. The second kappa shape index (κ2) is 8.82. The van der Waals surface area contributed by atoms with Gasteiger partial charge in [-0.25, -0.2) is 4.98 Å². The lowest BCUT2D eigenvalue weighted by Gasteiger charge is -2.15. The number of carbonyl (C=O) groups excluding carboxylic acids is 1. The lowest BCUT2D eigenvalue weighted by molar-refractivity contribution is 0.102. The van der Waals surface area contributed by atoms with Gasteiger partial charge in [-0.3, -0.25) is 4.79 Å². The van der Waals surface area contributed by atoms with Crippen molar-refractivity contribution in [2.75, 3.05) is 24.9 Å². The molecule has 1 amide bonds. The van der Waals surface area contributed by atoms with Gasteiger partial charge in [-0.1, -0.05) is 30.3 Å². The number of hydrogen-bond acceptors (Lipinski definition) is 5. The minimum Gasteiger partial charge on any atom is -0.494 e. The van der Waals surface area contributed by atoms with E-state index in [1.165, 1.54) is 11.1 Å². The fraction of sp³-hybridized carbons (Fsp3) is 0.185. The molecular weight excluding hydrogens is 414 g/mol. The molecule has 1 aliphatic carbocycles. The van der Waals surface area contributed by atoms with Crippen LogP contribution in [0.1, 0.15) is 33.9 Å². The highest BCUT2D eigenvalue weighted by Gasteiger charge is 2.22. The third-order valence-electron chi connectivity index (χ3n) is 6.07. The Kier molecular flexibility index (Phi) is 5.57. The third-order valence-corrected chi connectivity index (χ3v) is 6.07. The number of amides is 1. The summed E-state index contributed by atoms with van der Waals surface area (Å²) in [4.78, 5) is 17.7. The zero-order valence-corrected chi connectivity index (χ0v) is 18.6. The van der Waals surface area contributed by atoms with Crippen LogP contribution in [0.25, 0.3) is 10.9 Å². The second-order valence-electron chi connectivity index (χ2n) is 8.03. The van der Waals surface area contributed by atoms with Crippen LogP contribution < -0.4 is 20.1 Å². The standard InChI is InChI=1S/C27H25N3O3/c1-32-23-8-5-9-24(33-2)26(23)30-27(31)19-11-13-21-18(16-19)12-15-25(28-21)29-22-14-10-17-6-3-4-7-20(17)22/h3-9,11-13,15-16,22H,10,14H2,1-2H3,(H,28,29)(H,30,31)/t22-/m1/s1. The second-order valence-corrected chi connectivity index (χ2v) is 8.03. The molecule has 166 valence electrons. The molecule has 0 aliphatic heterocycles. The number of aromatic nitrogens is 1. The van der Waals surface area contributed by atoms with Gasteiger partial charge >= 0.3 is 0 Å². The summed E-state index contributed by atoms with van der Waals surface area (Å²) in [7, 11) is 3.11. The summed E-state index contributed by atoms with van der Waals surface area (Å²) in [6, 6.07) is 23.6. The molecule has 6 nitrogen and oxygen atoms in total. The fourth-order valence-corrected chi connectivity index (χ4v) is 4.39. The molecule has 0 saturated heterocycles. The van der Waals surface area contributed by atoms with Gasteiger partial charge in [0.05, 0.1) is 25.8 Å². The Morgan fingerprint density at radius 2 is 1.73 bits per heavy atom. The molecule has 6 heteroatoms. The van der Waals surface area contributed by atoms with E-state index in [0.717, 1.165) is 29.6 Å². The Hall–Kier alpha value is -4.06. The monoisotopic (exact) mass is 439 g/mol. The molecule has 0 fully saturated rings. The minimum atomic E-state index is -0.246. The topological polar surface area (TPSA) is 72.5 Å². The van der Waals surface area contributed by atoms with Crippen molar-refractivity contribution in [3.8, 4) is 11.5 Å². The minimum absolute atomic E-state index is 0.246. The maximum atomic E-state index is 13.0. The summed E-state index contributed by atoms with van der Waals surface area (Å²) in [5, 5.41) is 7.37. The molecule has 0 spiro atoms. The largest absolute Gasteiger partial charge is 0.494 e. The van der Waals surface area contributed by atoms with Crippen LogP contribution >= 0.6 is 0 Å². The van der Waals surface area contributed by atoms with Crippen LogP contribution in [0, 0.1) is 0 Å². The number of hydrogen-bond donors (Lipinski definition) is 2. The number of rotatable bonds is 6. The van der Waals surface area contributed by atoms with Crippen LogP contribution in [0.2, 0.25) is 0 Å². The highest BCUT2D eigenvalue weighted by Crippen LogP contribution is 2.35. The highest BCUT2D eigenvalue weighted by molar-refractivity contribution is 6.07. The smallest absolute Gasteiger partial charge is 0.255 e. The number of fused-ring (bicyclic) bond motifs is 2. The number of anilines is 2. The quantitative estimate of drug-likeness (QED) is 0.409. The maximum absolute atomic E-state index is 13.0. The van der Waals surface area contributed by atoms with Gasteiger partial charge in [0.2, 0.25) is 0 Å². The van der Waals surface area contributed by atoms with Crippen LogP contribution in [-0.4, -0.2) is 25.1 Å². The molecule has 1 aliphatic rings. The van der Waals surface area contributed by atoms with Crippen molar-refractivity contribution >= 4 is 28.3 Å². The Labute approximate surface area is 192 Å². The number of ether oxygens (including phenoxy) is 2. The molecule has 3 aromatic carbocycles. The Balaban J connectivity index is 1.36. The fourth-order valence-electron chi connectivity index (χ4n) is 4.39. The van der Waals surface area contributed by atoms with Crippen molar-refractivity contribution in [1.82, 2.24) is 4.98 Å². The molecule has 5 rings (SSSR count). The van der Waals surface area contributed by atoms with E-state index in [2.05, 4.69) is 34.9 Å². The average molecular weight is 440 g/mol. The number of aryl methyl sites for hydroxylation is 1. The van der Waals surface area contributed by atoms with Crippen molar-refractivity contribution in [2.24, 2.45) is 0 Å². The maximum Gasteiger partial charge on any atom is 0.255 e. The molecule has 1 atom stereocenters. The molecule has 4 aromatic rings. The van der Waals surface area contributed by atoms with Gasteiger partial charge in [0.25, 0.3) is 5.91 Å². The number of benzene rings is 3. The van der Waals surface area contributed by atoms with E-state index in [1.807, 2.05) is 30.3 Å². The summed E-state index contributed by atoms with van der Waals surface area (Å²) in [6.07, 6.45) is 2.14. The van der Waals surface area contributed by atoms with Gasteiger partial charge < -0.3 is 20.1 Å². The van der Waals surface area contributed by atoms with E-state index in [1.54, 1.807) is 32.4 Å². The summed E-state index contributed by atoms with van der Waals surface area (Å²) in [5.41, 5.74) is 4.61. The predicted molar refractivity (Wildman–Crippen MR) is 130 cm³/mol. The third kappa shape index (κ3) is 4.07. The molecule has 2 N–H and O–H groups in total. The molecule has 0 radical (unpaired) electrons. The Morgan fingerprint density at radius 3 is 2.52 bits per heavy atom. The number of pyridine rings is 1. The van der Waals surface area contributed by atoms with Crippen molar-refractivity contribution in [3.63, 3.8) is 0 Å². The normalized spacial score (nSPS) is 14.5. The first-order valence-corrected chi connectivity index (χ1v) is 10.9. The van der Waals surface area contributed by atoms with Crippen molar-refractivity contribution in [3.05, 3.63) is 89.5 Å². The first kappa shape index (κ1) is 20.8. The molecule has 0 saturated carbocycles. The molecule has 0 unspecified atom stereocenters. The Bertz CT molecular complexity index is 1310. The van der Waals surface area contributed by atoms with Gasteiger partial charge in [0.15, 0.2) is 0 Å².